The summed E-state index contributed by atoms with van der Waals surface area (Å²) in [7, 11) is 0. The Labute approximate surface area is 121 Å². The molecule has 2 nitrogen and oxygen atoms in total. The normalized spacial score (nSPS) is 11.2. The zero-order chi connectivity index (χ0) is 13.8. The first-order valence-electron chi connectivity index (χ1n) is 6.37. The standard InChI is InChI=1S/C15H18BrFN2/c1-11(2)18-9-13-4-3-7-19(13)10-12-5-6-15(17)14(16)8-12/h3-8,11,18H,9-10H2,1-2H3. The number of hydrogen-bond donors (Lipinski definition) is 1. The van der Waals surface area contributed by atoms with Gasteiger partial charge in [-0.05, 0) is 45.8 Å². The summed E-state index contributed by atoms with van der Waals surface area (Å²) in [6.07, 6.45) is 2.05. The summed E-state index contributed by atoms with van der Waals surface area (Å²) in [4.78, 5) is 0. The van der Waals surface area contributed by atoms with Crippen LogP contribution in [0.2, 0.25) is 0 Å². The fourth-order valence-corrected chi connectivity index (χ4v) is 2.33. The number of halogens is 2. The summed E-state index contributed by atoms with van der Waals surface area (Å²) in [5.74, 6) is -0.224. The van der Waals surface area contributed by atoms with Gasteiger partial charge < -0.3 is 9.88 Å². The highest BCUT2D eigenvalue weighted by Gasteiger charge is 2.05. The first-order chi connectivity index (χ1) is 9.06. The van der Waals surface area contributed by atoms with Gasteiger partial charge in [0.25, 0.3) is 0 Å². The molecular weight excluding hydrogens is 307 g/mol. The minimum Gasteiger partial charge on any atom is -0.346 e. The lowest BCUT2D eigenvalue weighted by atomic mass is 10.2. The topological polar surface area (TPSA) is 17.0 Å². The Morgan fingerprint density at radius 2 is 2.11 bits per heavy atom. The maximum absolute atomic E-state index is 13.2. The van der Waals surface area contributed by atoms with Gasteiger partial charge in [0.1, 0.15) is 5.82 Å². The summed E-state index contributed by atoms with van der Waals surface area (Å²) < 4.78 is 15.9. The van der Waals surface area contributed by atoms with E-state index in [0.717, 1.165) is 18.7 Å². The van der Waals surface area contributed by atoms with Crippen molar-refractivity contribution in [3.05, 3.63) is 58.1 Å². The highest BCUT2D eigenvalue weighted by atomic mass is 79.9. The molecule has 0 saturated carbocycles. The second-order valence-electron chi connectivity index (χ2n) is 4.91. The van der Waals surface area contributed by atoms with Gasteiger partial charge in [-0.15, -0.1) is 0 Å². The lowest BCUT2D eigenvalue weighted by Gasteiger charge is -2.12. The van der Waals surface area contributed by atoms with Crippen LogP contribution in [0.4, 0.5) is 4.39 Å². The maximum atomic E-state index is 13.2. The van der Waals surface area contributed by atoms with E-state index in [0.29, 0.717) is 10.5 Å². The molecule has 0 unspecified atom stereocenters. The van der Waals surface area contributed by atoms with Crippen molar-refractivity contribution in [2.24, 2.45) is 0 Å². The second kappa shape index (κ2) is 6.35. The minimum absolute atomic E-state index is 0.224. The molecule has 0 saturated heterocycles. The van der Waals surface area contributed by atoms with Crippen LogP contribution in [0.5, 0.6) is 0 Å². The van der Waals surface area contributed by atoms with E-state index < -0.39 is 0 Å². The van der Waals surface area contributed by atoms with Gasteiger partial charge >= 0.3 is 0 Å². The quantitative estimate of drug-likeness (QED) is 0.881. The van der Waals surface area contributed by atoms with Crippen LogP contribution in [0.25, 0.3) is 0 Å². The average molecular weight is 325 g/mol. The molecule has 2 aromatic rings. The third-order valence-electron chi connectivity index (χ3n) is 2.95. The van der Waals surface area contributed by atoms with Crippen molar-refractivity contribution < 1.29 is 4.39 Å². The molecular formula is C15H18BrFN2. The molecule has 0 aliphatic heterocycles. The van der Waals surface area contributed by atoms with Crippen LogP contribution in [0, 0.1) is 5.82 Å². The lowest BCUT2D eigenvalue weighted by molar-refractivity contribution is 0.564. The van der Waals surface area contributed by atoms with Crippen LogP contribution >= 0.6 is 15.9 Å². The second-order valence-corrected chi connectivity index (χ2v) is 5.77. The molecule has 0 fully saturated rings. The van der Waals surface area contributed by atoms with E-state index in [9.17, 15) is 4.39 Å². The smallest absolute Gasteiger partial charge is 0.137 e. The molecule has 0 aliphatic carbocycles. The molecule has 0 atom stereocenters. The van der Waals surface area contributed by atoms with Crippen LogP contribution < -0.4 is 5.32 Å². The predicted octanol–water partition coefficient (Wildman–Crippen LogP) is 3.94. The molecule has 1 aromatic heterocycles. The summed E-state index contributed by atoms with van der Waals surface area (Å²) in [5, 5.41) is 3.40. The molecule has 0 bridgehead atoms. The Bertz CT molecular complexity index is 549. The van der Waals surface area contributed by atoms with Gasteiger partial charge in [0.2, 0.25) is 0 Å². The van der Waals surface area contributed by atoms with Gasteiger partial charge in [-0.2, -0.15) is 0 Å². The Hall–Kier alpha value is -1.13. The molecule has 2 rings (SSSR count). The summed E-state index contributed by atoms with van der Waals surface area (Å²) in [6, 6.07) is 9.75. The first-order valence-corrected chi connectivity index (χ1v) is 7.17. The molecule has 1 heterocycles. The molecule has 0 spiro atoms. The number of hydrogen-bond acceptors (Lipinski definition) is 1. The van der Waals surface area contributed by atoms with Crippen molar-refractivity contribution >= 4 is 15.9 Å². The van der Waals surface area contributed by atoms with Gasteiger partial charge in [0, 0.05) is 31.0 Å². The average Bonchev–Trinajstić information content (AvgIpc) is 2.79. The molecule has 102 valence electrons. The van der Waals surface area contributed by atoms with Crippen molar-refractivity contribution in [3.63, 3.8) is 0 Å². The van der Waals surface area contributed by atoms with Crippen molar-refractivity contribution in [3.8, 4) is 0 Å². The van der Waals surface area contributed by atoms with Gasteiger partial charge in [-0.25, -0.2) is 4.39 Å². The van der Waals surface area contributed by atoms with Crippen LogP contribution in [0.1, 0.15) is 25.1 Å². The Morgan fingerprint density at radius 3 is 2.79 bits per heavy atom. The van der Waals surface area contributed by atoms with Crippen LogP contribution in [-0.2, 0) is 13.1 Å². The molecule has 0 amide bonds. The predicted molar refractivity (Wildman–Crippen MR) is 79.6 cm³/mol. The maximum Gasteiger partial charge on any atom is 0.137 e. The molecule has 19 heavy (non-hydrogen) atoms. The monoisotopic (exact) mass is 324 g/mol. The number of nitrogens with one attached hydrogen (secondary N) is 1. The molecule has 1 N–H and O–H groups in total. The third-order valence-corrected chi connectivity index (χ3v) is 3.56. The van der Waals surface area contributed by atoms with Gasteiger partial charge in [-0.3, -0.25) is 0 Å². The van der Waals surface area contributed by atoms with E-state index in [1.165, 1.54) is 11.8 Å². The first kappa shape index (κ1) is 14.3. The summed E-state index contributed by atoms with van der Waals surface area (Å²) >= 11 is 3.22. The van der Waals surface area contributed by atoms with Crippen molar-refractivity contribution in [1.82, 2.24) is 9.88 Å². The number of rotatable bonds is 5. The fourth-order valence-electron chi connectivity index (χ4n) is 1.91. The number of aromatic nitrogens is 1. The Balaban J connectivity index is 2.10. The number of benzene rings is 1. The molecule has 0 radical (unpaired) electrons. The highest BCUT2D eigenvalue weighted by Crippen LogP contribution is 2.18. The van der Waals surface area contributed by atoms with E-state index >= 15 is 0 Å². The SMILES string of the molecule is CC(C)NCc1cccn1Cc1ccc(F)c(Br)c1. The zero-order valence-corrected chi connectivity index (χ0v) is 12.7. The largest absolute Gasteiger partial charge is 0.346 e. The van der Waals surface area contributed by atoms with Crippen LogP contribution in [0.15, 0.2) is 41.0 Å². The minimum atomic E-state index is -0.224. The third kappa shape index (κ3) is 3.91. The van der Waals surface area contributed by atoms with E-state index in [1.54, 1.807) is 0 Å². The molecule has 1 aromatic carbocycles. The van der Waals surface area contributed by atoms with Crippen molar-refractivity contribution in [2.75, 3.05) is 0 Å². The van der Waals surface area contributed by atoms with Gasteiger partial charge in [-0.1, -0.05) is 19.9 Å². The fraction of sp³-hybridized carbons (Fsp3) is 0.333. The summed E-state index contributed by atoms with van der Waals surface area (Å²) in [6.45, 7) is 5.85. The van der Waals surface area contributed by atoms with Crippen LogP contribution in [0.3, 0.4) is 0 Å². The lowest BCUT2D eigenvalue weighted by Crippen LogP contribution is -2.23. The Kier molecular flexibility index (Phi) is 4.77. The molecule has 4 heteroatoms. The van der Waals surface area contributed by atoms with E-state index in [4.69, 9.17) is 0 Å². The van der Waals surface area contributed by atoms with E-state index in [-0.39, 0.29) is 5.82 Å². The van der Waals surface area contributed by atoms with Crippen molar-refractivity contribution in [1.29, 1.82) is 0 Å². The van der Waals surface area contributed by atoms with Gasteiger partial charge in [0.05, 0.1) is 4.47 Å². The van der Waals surface area contributed by atoms with E-state index in [2.05, 4.69) is 51.9 Å². The van der Waals surface area contributed by atoms with Crippen molar-refractivity contribution in [2.45, 2.75) is 33.0 Å². The Morgan fingerprint density at radius 1 is 1.32 bits per heavy atom. The van der Waals surface area contributed by atoms with Gasteiger partial charge in [0.15, 0.2) is 0 Å². The zero-order valence-electron chi connectivity index (χ0n) is 11.2. The number of nitrogens with zero attached hydrogens (tertiary/aromatic N) is 1. The highest BCUT2D eigenvalue weighted by molar-refractivity contribution is 9.10. The molecule has 0 aliphatic rings. The van der Waals surface area contributed by atoms with E-state index in [1.807, 2.05) is 18.2 Å². The summed E-state index contributed by atoms with van der Waals surface area (Å²) in [5.41, 5.74) is 2.31. The van der Waals surface area contributed by atoms with Crippen LogP contribution in [-0.4, -0.2) is 10.6 Å².